The highest BCUT2D eigenvalue weighted by Crippen LogP contribution is 2.33. The molecular weight excluding hydrogens is 350 g/mol. The van der Waals surface area contributed by atoms with E-state index in [-0.39, 0.29) is 17.1 Å². The summed E-state index contributed by atoms with van der Waals surface area (Å²) in [7, 11) is 0. The predicted octanol–water partition coefficient (Wildman–Crippen LogP) is 4.81. The number of amides is 1. The van der Waals surface area contributed by atoms with Gasteiger partial charge in [-0.1, -0.05) is 50.6 Å². The van der Waals surface area contributed by atoms with Gasteiger partial charge in [0, 0.05) is 16.7 Å². The first-order valence-electron chi connectivity index (χ1n) is 8.28. The minimum Gasteiger partial charge on any atom is -0.506 e. The molecule has 1 amide bonds. The fraction of sp³-hybridized carbons (Fsp3) is 0.250. The van der Waals surface area contributed by atoms with Crippen LogP contribution in [0.15, 0.2) is 58.6 Å². The molecule has 6 heteroatoms. The largest absolute Gasteiger partial charge is 0.506 e. The highest BCUT2D eigenvalue weighted by Gasteiger charge is 2.41. The number of anilines is 1. The van der Waals surface area contributed by atoms with Gasteiger partial charge in [0.15, 0.2) is 0 Å². The van der Waals surface area contributed by atoms with Crippen molar-refractivity contribution in [1.29, 1.82) is 0 Å². The molecule has 2 aromatic rings. The summed E-state index contributed by atoms with van der Waals surface area (Å²) in [5.41, 5.74) is 1.41. The quantitative estimate of drug-likeness (QED) is 0.789. The lowest BCUT2D eigenvalue weighted by Gasteiger charge is -2.20. The van der Waals surface area contributed by atoms with E-state index in [4.69, 9.17) is 11.6 Å². The molecule has 1 aliphatic rings. The van der Waals surface area contributed by atoms with Gasteiger partial charge in [-0.2, -0.15) is 10.1 Å². The summed E-state index contributed by atoms with van der Waals surface area (Å²) in [4.78, 5) is 17.3. The SMILES string of the molecule is CC(C)(C)C1=NN(c2cccc(Cl)c2)C(=O)C1/C=N/c1ccccc1O. The summed E-state index contributed by atoms with van der Waals surface area (Å²) >= 11 is 6.05. The van der Waals surface area contributed by atoms with Gasteiger partial charge in [0.2, 0.25) is 0 Å². The molecule has 5 nitrogen and oxygen atoms in total. The first-order valence-corrected chi connectivity index (χ1v) is 8.66. The van der Waals surface area contributed by atoms with Crippen molar-refractivity contribution in [3.8, 4) is 5.75 Å². The van der Waals surface area contributed by atoms with Crippen molar-refractivity contribution >= 4 is 40.8 Å². The van der Waals surface area contributed by atoms with Crippen LogP contribution in [-0.4, -0.2) is 22.9 Å². The second-order valence-electron chi connectivity index (χ2n) is 7.11. The van der Waals surface area contributed by atoms with E-state index in [1.165, 1.54) is 5.01 Å². The number of para-hydroxylation sites is 2. The molecule has 2 aromatic carbocycles. The zero-order chi connectivity index (χ0) is 18.9. The Morgan fingerprint density at radius 3 is 2.58 bits per heavy atom. The van der Waals surface area contributed by atoms with Gasteiger partial charge in [-0.15, -0.1) is 0 Å². The van der Waals surface area contributed by atoms with Crippen LogP contribution in [0.3, 0.4) is 0 Å². The summed E-state index contributed by atoms with van der Waals surface area (Å²) in [6.07, 6.45) is 1.55. The Balaban J connectivity index is 1.98. The molecule has 0 saturated carbocycles. The molecule has 1 atom stereocenters. The van der Waals surface area contributed by atoms with E-state index in [1.54, 1.807) is 54.7 Å². The molecule has 3 rings (SSSR count). The average Bonchev–Trinajstić information content (AvgIpc) is 2.91. The molecule has 26 heavy (non-hydrogen) atoms. The third kappa shape index (κ3) is 3.63. The monoisotopic (exact) mass is 369 g/mol. The Hall–Kier alpha value is -2.66. The van der Waals surface area contributed by atoms with Crippen LogP contribution in [0.25, 0.3) is 0 Å². The average molecular weight is 370 g/mol. The zero-order valence-electron chi connectivity index (χ0n) is 14.8. The number of nitrogens with zero attached hydrogens (tertiary/aromatic N) is 3. The van der Waals surface area contributed by atoms with Crippen LogP contribution in [0.2, 0.25) is 5.02 Å². The van der Waals surface area contributed by atoms with E-state index in [0.717, 1.165) is 0 Å². The molecule has 0 radical (unpaired) electrons. The molecule has 1 heterocycles. The van der Waals surface area contributed by atoms with E-state index in [0.29, 0.717) is 22.1 Å². The van der Waals surface area contributed by atoms with Gasteiger partial charge in [0.05, 0.1) is 11.4 Å². The Morgan fingerprint density at radius 1 is 1.19 bits per heavy atom. The number of phenolic OH excluding ortho intramolecular Hbond substituents is 1. The maximum Gasteiger partial charge on any atom is 0.261 e. The molecule has 0 bridgehead atoms. The van der Waals surface area contributed by atoms with E-state index in [9.17, 15) is 9.90 Å². The Labute approximate surface area is 157 Å². The summed E-state index contributed by atoms with van der Waals surface area (Å²) in [5.74, 6) is -0.736. The highest BCUT2D eigenvalue weighted by molar-refractivity contribution is 6.31. The fourth-order valence-electron chi connectivity index (χ4n) is 2.74. The Bertz CT molecular complexity index is 900. The van der Waals surface area contributed by atoms with Crippen molar-refractivity contribution in [3.05, 3.63) is 53.6 Å². The number of hydrazone groups is 1. The van der Waals surface area contributed by atoms with Crippen LogP contribution in [0.4, 0.5) is 11.4 Å². The molecule has 0 fully saturated rings. The molecule has 0 aromatic heterocycles. The molecule has 1 unspecified atom stereocenters. The van der Waals surface area contributed by atoms with Crippen molar-refractivity contribution in [2.75, 3.05) is 5.01 Å². The maximum absolute atomic E-state index is 13.0. The number of carbonyl (C=O) groups excluding carboxylic acids is 1. The minimum atomic E-state index is -0.603. The topological polar surface area (TPSA) is 65.3 Å². The van der Waals surface area contributed by atoms with Crippen LogP contribution in [0.1, 0.15) is 20.8 Å². The normalized spacial score (nSPS) is 17.8. The highest BCUT2D eigenvalue weighted by atomic mass is 35.5. The minimum absolute atomic E-state index is 0.0649. The van der Waals surface area contributed by atoms with Crippen molar-refractivity contribution < 1.29 is 9.90 Å². The fourth-order valence-corrected chi connectivity index (χ4v) is 2.92. The molecule has 0 saturated heterocycles. The molecule has 0 aliphatic carbocycles. The third-order valence-corrected chi connectivity index (χ3v) is 4.28. The number of phenols is 1. The lowest BCUT2D eigenvalue weighted by atomic mass is 9.83. The number of hydrogen-bond donors (Lipinski definition) is 1. The van der Waals surface area contributed by atoms with Crippen LogP contribution >= 0.6 is 11.6 Å². The lowest BCUT2D eigenvalue weighted by Crippen LogP contribution is -2.32. The predicted molar refractivity (Wildman–Crippen MR) is 106 cm³/mol. The van der Waals surface area contributed by atoms with Gasteiger partial charge in [-0.05, 0) is 30.3 Å². The van der Waals surface area contributed by atoms with Crippen LogP contribution in [0, 0.1) is 11.3 Å². The van der Waals surface area contributed by atoms with Crippen molar-refractivity contribution in [2.24, 2.45) is 21.4 Å². The van der Waals surface area contributed by atoms with Gasteiger partial charge in [-0.3, -0.25) is 9.79 Å². The second-order valence-corrected chi connectivity index (χ2v) is 7.55. The number of halogens is 1. The van der Waals surface area contributed by atoms with E-state index in [2.05, 4.69) is 10.1 Å². The van der Waals surface area contributed by atoms with Gasteiger partial charge in [0.25, 0.3) is 5.91 Å². The van der Waals surface area contributed by atoms with Crippen molar-refractivity contribution in [3.63, 3.8) is 0 Å². The number of carbonyl (C=O) groups is 1. The van der Waals surface area contributed by atoms with Crippen LogP contribution in [-0.2, 0) is 4.79 Å². The van der Waals surface area contributed by atoms with Gasteiger partial charge in [0.1, 0.15) is 17.4 Å². The van der Waals surface area contributed by atoms with E-state index < -0.39 is 5.92 Å². The van der Waals surface area contributed by atoms with Crippen molar-refractivity contribution in [1.82, 2.24) is 0 Å². The maximum atomic E-state index is 13.0. The van der Waals surface area contributed by atoms with Gasteiger partial charge >= 0.3 is 0 Å². The Kier molecular flexibility index (Phi) is 4.83. The van der Waals surface area contributed by atoms with E-state index >= 15 is 0 Å². The molecular formula is C20H20ClN3O2. The summed E-state index contributed by atoms with van der Waals surface area (Å²) in [6, 6.07) is 13.8. The number of aromatic hydroxyl groups is 1. The molecule has 1 N–H and O–H groups in total. The van der Waals surface area contributed by atoms with Crippen LogP contribution < -0.4 is 5.01 Å². The molecule has 0 spiro atoms. The van der Waals surface area contributed by atoms with Gasteiger partial charge < -0.3 is 5.11 Å². The number of hydrogen-bond acceptors (Lipinski definition) is 4. The van der Waals surface area contributed by atoms with Gasteiger partial charge in [-0.25, -0.2) is 0 Å². The summed E-state index contributed by atoms with van der Waals surface area (Å²) < 4.78 is 0. The zero-order valence-corrected chi connectivity index (χ0v) is 15.6. The standard InChI is InChI=1S/C20H20ClN3O2/c1-20(2,3)18-15(12-22-16-9-4-5-10-17(16)25)19(26)24(23-18)14-8-6-7-13(21)11-14/h4-12,15,25H,1-3H3/b22-12+. The smallest absolute Gasteiger partial charge is 0.261 e. The second kappa shape index (κ2) is 6.92. The molecule has 134 valence electrons. The van der Waals surface area contributed by atoms with Crippen LogP contribution in [0.5, 0.6) is 5.75 Å². The lowest BCUT2D eigenvalue weighted by molar-refractivity contribution is -0.118. The summed E-state index contributed by atoms with van der Waals surface area (Å²) in [5, 5.41) is 16.3. The van der Waals surface area contributed by atoms with E-state index in [1.807, 2.05) is 20.8 Å². The Morgan fingerprint density at radius 2 is 1.92 bits per heavy atom. The molecule has 1 aliphatic heterocycles. The first kappa shape index (κ1) is 18.1. The number of aliphatic imine (C=N–C) groups is 1. The first-order chi connectivity index (χ1) is 12.3. The summed E-state index contributed by atoms with van der Waals surface area (Å²) in [6.45, 7) is 6.00. The number of benzene rings is 2. The third-order valence-electron chi connectivity index (χ3n) is 4.04. The number of rotatable bonds is 3. The van der Waals surface area contributed by atoms with Crippen molar-refractivity contribution in [2.45, 2.75) is 20.8 Å².